The largest absolute Gasteiger partial charge is 0.485 e. The number of nitrogens with zero attached hydrogens (tertiary/aromatic N) is 2. The van der Waals surface area contributed by atoms with Gasteiger partial charge >= 0.3 is 0 Å². The van der Waals surface area contributed by atoms with Crippen molar-refractivity contribution in [1.82, 2.24) is 9.97 Å². The van der Waals surface area contributed by atoms with Crippen LogP contribution in [0.5, 0.6) is 17.2 Å². The average Bonchev–Trinajstić information content (AvgIpc) is 2.71. The van der Waals surface area contributed by atoms with Crippen molar-refractivity contribution in [3.63, 3.8) is 0 Å². The van der Waals surface area contributed by atoms with E-state index >= 15 is 0 Å². The molecule has 0 fully saturated rings. The highest BCUT2D eigenvalue weighted by atomic mass is 19.1. The summed E-state index contributed by atoms with van der Waals surface area (Å²) in [6.45, 7) is 4.98. The Morgan fingerprint density at radius 3 is 2.76 bits per heavy atom. The molecule has 3 N–H and O–H groups in total. The van der Waals surface area contributed by atoms with Crippen LogP contribution >= 0.6 is 0 Å². The molecule has 0 saturated heterocycles. The summed E-state index contributed by atoms with van der Waals surface area (Å²) in [6, 6.07) is 6.11. The predicted octanol–water partition coefficient (Wildman–Crippen LogP) is 3.63. The maximum Gasteiger partial charge on any atom is 0.204 e. The number of hydrogen-bond acceptors (Lipinski definition) is 8. The van der Waals surface area contributed by atoms with E-state index in [9.17, 15) is 4.39 Å². The van der Waals surface area contributed by atoms with Crippen molar-refractivity contribution < 1.29 is 23.3 Å². The Bertz CT molecular complexity index is 1050. The summed E-state index contributed by atoms with van der Waals surface area (Å²) in [6.07, 6.45) is 0.956. The van der Waals surface area contributed by atoms with Gasteiger partial charge in [0.1, 0.15) is 31.2 Å². The van der Waals surface area contributed by atoms with Crippen molar-refractivity contribution in [2.45, 2.75) is 20.1 Å². The van der Waals surface area contributed by atoms with Gasteiger partial charge in [-0.15, -0.1) is 0 Å². The van der Waals surface area contributed by atoms with Crippen LogP contribution in [-0.2, 0) is 4.74 Å². The zero-order valence-electron chi connectivity index (χ0n) is 16.1. The van der Waals surface area contributed by atoms with Crippen LogP contribution in [0.3, 0.4) is 0 Å². The van der Waals surface area contributed by atoms with Gasteiger partial charge in [-0.05, 0) is 32.0 Å². The minimum Gasteiger partial charge on any atom is -0.485 e. The van der Waals surface area contributed by atoms with Gasteiger partial charge < -0.3 is 30.0 Å². The summed E-state index contributed by atoms with van der Waals surface area (Å²) in [7, 11) is 0. The van der Waals surface area contributed by atoms with E-state index in [1.165, 1.54) is 18.5 Å². The predicted molar refractivity (Wildman–Crippen MR) is 106 cm³/mol. The van der Waals surface area contributed by atoms with Gasteiger partial charge in [0.15, 0.2) is 17.8 Å². The molecule has 1 aliphatic heterocycles. The first-order valence-electron chi connectivity index (χ1n) is 9.24. The highest BCUT2D eigenvalue weighted by molar-refractivity contribution is 5.99. The van der Waals surface area contributed by atoms with E-state index in [-0.39, 0.29) is 5.69 Å². The van der Waals surface area contributed by atoms with E-state index < -0.39 is 12.1 Å². The smallest absolute Gasteiger partial charge is 0.204 e. The molecule has 0 radical (unpaired) electrons. The summed E-state index contributed by atoms with van der Waals surface area (Å²) in [4.78, 5) is 8.67. The highest BCUT2D eigenvalue weighted by Gasteiger charge is 2.25. The van der Waals surface area contributed by atoms with Crippen molar-refractivity contribution in [2.75, 3.05) is 30.9 Å². The molecule has 2 aromatic carbocycles. The Hall–Kier alpha value is -3.33. The molecule has 152 valence electrons. The Balaban J connectivity index is 1.80. The zero-order chi connectivity index (χ0) is 20.4. The van der Waals surface area contributed by atoms with Crippen molar-refractivity contribution in [3.8, 4) is 17.2 Å². The zero-order valence-corrected chi connectivity index (χ0v) is 16.1. The molecule has 0 amide bonds. The minimum absolute atomic E-state index is 0.0376. The normalized spacial score (nSPS) is 13.9. The van der Waals surface area contributed by atoms with E-state index in [1.807, 2.05) is 6.92 Å². The second-order valence-corrected chi connectivity index (χ2v) is 6.35. The molecule has 29 heavy (non-hydrogen) atoms. The van der Waals surface area contributed by atoms with Crippen LogP contribution in [0.15, 0.2) is 30.6 Å². The van der Waals surface area contributed by atoms with Gasteiger partial charge in [0.05, 0.1) is 16.6 Å². The Kier molecular flexibility index (Phi) is 5.22. The van der Waals surface area contributed by atoms with Gasteiger partial charge in [-0.25, -0.2) is 14.4 Å². The van der Waals surface area contributed by atoms with Gasteiger partial charge in [-0.3, -0.25) is 0 Å². The van der Waals surface area contributed by atoms with Crippen molar-refractivity contribution >= 4 is 28.1 Å². The fourth-order valence-corrected chi connectivity index (χ4v) is 3.10. The lowest BCUT2D eigenvalue weighted by Crippen LogP contribution is -2.20. The number of nitrogen functional groups attached to an aromatic ring is 1. The molecule has 2 heterocycles. The molecular formula is C20H21FN4O4. The van der Waals surface area contributed by atoms with Crippen LogP contribution in [0.4, 0.5) is 21.6 Å². The van der Waals surface area contributed by atoms with Crippen LogP contribution in [0.2, 0.25) is 0 Å². The number of nitrogens with one attached hydrogen (secondary N) is 1. The first-order valence-corrected chi connectivity index (χ1v) is 9.24. The molecule has 1 aromatic heterocycles. The van der Waals surface area contributed by atoms with Crippen LogP contribution in [0.1, 0.15) is 13.8 Å². The standard InChI is InChI=1S/C20H21FN4O4/c1-3-26-11(2)29-16-9-15-17(19-18(16)27-6-7-28-19)20(24-10-23-15)25-12-4-5-13(21)14(22)8-12/h4-5,8-11H,3,6-7,22H2,1-2H3,(H,23,24,25). The topological polar surface area (TPSA) is 101 Å². The van der Waals surface area contributed by atoms with Crippen LogP contribution in [0, 0.1) is 5.82 Å². The molecule has 9 heteroatoms. The van der Waals surface area contributed by atoms with E-state index in [4.69, 9.17) is 24.7 Å². The van der Waals surface area contributed by atoms with E-state index in [1.54, 1.807) is 19.1 Å². The number of fused-ring (bicyclic) bond motifs is 3. The molecule has 3 aromatic rings. The number of aromatic nitrogens is 2. The molecule has 8 nitrogen and oxygen atoms in total. The third kappa shape index (κ3) is 3.81. The lowest BCUT2D eigenvalue weighted by atomic mass is 10.1. The van der Waals surface area contributed by atoms with Gasteiger partial charge in [0.2, 0.25) is 5.75 Å². The van der Waals surface area contributed by atoms with E-state index in [0.717, 1.165) is 0 Å². The Morgan fingerprint density at radius 1 is 1.21 bits per heavy atom. The molecule has 1 aliphatic rings. The quantitative estimate of drug-likeness (QED) is 0.478. The average molecular weight is 400 g/mol. The summed E-state index contributed by atoms with van der Waals surface area (Å²) < 4.78 is 36.5. The fraction of sp³-hybridized carbons (Fsp3) is 0.300. The van der Waals surface area contributed by atoms with Gasteiger partial charge in [0, 0.05) is 18.4 Å². The Labute approximate surface area is 166 Å². The lowest BCUT2D eigenvalue weighted by molar-refractivity contribution is -0.0630. The van der Waals surface area contributed by atoms with Crippen LogP contribution in [-0.4, -0.2) is 36.1 Å². The van der Waals surface area contributed by atoms with Gasteiger partial charge in [0.25, 0.3) is 0 Å². The summed E-state index contributed by atoms with van der Waals surface area (Å²) >= 11 is 0. The number of ether oxygens (including phenoxy) is 4. The van der Waals surface area contributed by atoms with Crippen molar-refractivity contribution in [1.29, 1.82) is 0 Å². The van der Waals surface area contributed by atoms with Gasteiger partial charge in [-0.2, -0.15) is 0 Å². The number of rotatable bonds is 6. The Morgan fingerprint density at radius 2 is 2.00 bits per heavy atom. The molecule has 0 aliphatic carbocycles. The second-order valence-electron chi connectivity index (χ2n) is 6.35. The minimum atomic E-state index is -0.484. The molecule has 1 unspecified atom stereocenters. The maximum atomic E-state index is 13.5. The monoisotopic (exact) mass is 400 g/mol. The third-order valence-electron chi connectivity index (χ3n) is 4.33. The summed E-state index contributed by atoms with van der Waals surface area (Å²) in [5.74, 6) is 1.41. The number of anilines is 3. The maximum absolute atomic E-state index is 13.5. The van der Waals surface area contributed by atoms with E-state index in [2.05, 4.69) is 15.3 Å². The molecule has 1 atom stereocenters. The first-order chi connectivity index (χ1) is 14.1. The fourth-order valence-electron chi connectivity index (χ4n) is 3.10. The number of nitrogens with two attached hydrogens (primary N) is 1. The molecule has 0 spiro atoms. The second kappa shape index (κ2) is 7.96. The molecule has 4 rings (SSSR count). The number of benzene rings is 2. The number of halogens is 1. The third-order valence-corrected chi connectivity index (χ3v) is 4.33. The molecular weight excluding hydrogens is 379 g/mol. The molecule has 0 bridgehead atoms. The highest BCUT2D eigenvalue weighted by Crippen LogP contribution is 2.47. The van der Waals surface area contributed by atoms with Crippen LogP contribution in [0.25, 0.3) is 10.9 Å². The van der Waals surface area contributed by atoms with Crippen molar-refractivity contribution in [2.24, 2.45) is 0 Å². The lowest BCUT2D eigenvalue weighted by Gasteiger charge is -2.24. The summed E-state index contributed by atoms with van der Waals surface area (Å²) in [5.41, 5.74) is 6.89. The van der Waals surface area contributed by atoms with Crippen LogP contribution < -0.4 is 25.3 Å². The van der Waals surface area contributed by atoms with Gasteiger partial charge in [-0.1, -0.05) is 0 Å². The SMILES string of the molecule is CCOC(C)Oc1cc2ncnc(Nc3ccc(F)c(N)c3)c2c2c1OCCO2. The van der Waals surface area contributed by atoms with Crippen molar-refractivity contribution in [3.05, 3.63) is 36.4 Å². The first kappa shape index (κ1) is 19.0. The summed E-state index contributed by atoms with van der Waals surface area (Å²) in [5, 5.41) is 3.77. The number of hydrogen-bond donors (Lipinski definition) is 2. The van der Waals surface area contributed by atoms with E-state index in [0.29, 0.717) is 59.5 Å². The molecule has 0 saturated carbocycles.